The molecule has 0 bridgehead atoms. The molecular weight excluding hydrogens is 326 g/mol. The first-order valence-electron chi connectivity index (χ1n) is 9.73. The molecule has 144 valence electrons. The molecule has 2 rings (SSSR count). The van der Waals surface area contributed by atoms with Crippen molar-refractivity contribution < 1.29 is 4.79 Å². The van der Waals surface area contributed by atoms with Crippen molar-refractivity contribution in [1.29, 1.82) is 0 Å². The molecule has 6 nitrogen and oxygen atoms in total. The molecule has 1 aliphatic rings. The minimum atomic E-state index is -0.0704. The topological polar surface area (TPSA) is 68.8 Å². The zero-order valence-electron chi connectivity index (χ0n) is 16.3. The predicted molar refractivity (Wildman–Crippen MR) is 109 cm³/mol. The number of hydrogen-bond acceptors (Lipinski definition) is 3. The number of carbonyl (C=O) groups is 1. The number of hydrogen-bond donors (Lipinski definition) is 3. The van der Waals surface area contributed by atoms with Crippen molar-refractivity contribution in [1.82, 2.24) is 15.5 Å². The molecule has 6 heteroatoms. The first-order valence-corrected chi connectivity index (χ1v) is 9.73. The van der Waals surface area contributed by atoms with Crippen molar-refractivity contribution in [2.75, 3.05) is 38.5 Å². The maximum atomic E-state index is 12.2. The normalized spacial score (nSPS) is 16.3. The summed E-state index contributed by atoms with van der Waals surface area (Å²) in [5.74, 6) is 0.621. The molecule has 0 aliphatic carbocycles. The van der Waals surface area contributed by atoms with Gasteiger partial charge in [-0.3, -0.25) is 9.79 Å². The van der Waals surface area contributed by atoms with Crippen molar-refractivity contribution in [3.05, 3.63) is 29.8 Å². The minimum absolute atomic E-state index is 0.0704. The smallest absolute Gasteiger partial charge is 0.243 e. The molecule has 1 fully saturated rings. The van der Waals surface area contributed by atoms with Gasteiger partial charge < -0.3 is 20.9 Å². The van der Waals surface area contributed by atoms with Crippen molar-refractivity contribution in [3.63, 3.8) is 0 Å². The van der Waals surface area contributed by atoms with E-state index in [0.717, 1.165) is 38.0 Å². The van der Waals surface area contributed by atoms with Crippen LogP contribution in [0.3, 0.4) is 0 Å². The number of carbonyl (C=O) groups excluding carboxylic acids is 1. The van der Waals surface area contributed by atoms with Gasteiger partial charge in [-0.1, -0.05) is 26.0 Å². The van der Waals surface area contributed by atoms with Crippen LogP contribution in [0.25, 0.3) is 0 Å². The highest BCUT2D eigenvalue weighted by Gasteiger charge is 2.19. The zero-order valence-corrected chi connectivity index (χ0v) is 16.3. The van der Waals surface area contributed by atoms with Crippen LogP contribution in [-0.4, -0.2) is 56.0 Å². The Morgan fingerprint density at radius 2 is 2.04 bits per heavy atom. The molecule has 0 saturated carbocycles. The molecule has 1 heterocycles. The predicted octanol–water partition coefficient (Wildman–Crippen LogP) is 2.23. The summed E-state index contributed by atoms with van der Waals surface area (Å²) in [5.41, 5.74) is 2.05. The van der Waals surface area contributed by atoms with Crippen LogP contribution in [0.15, 0.2) is 29.3 Å². The Morgan fingerprint density at radius 1 is 1.27 bits per heavy atom. The Balaban J connectivity index is 1.73. The number of nitrogens with zero attached hydrogens (tertiary/aromatic N) is 2. The van der Waals surface area contributed by atoms with E-state index in [4.69, 9.17) is 0 Å². The lowest BCUT2D eigenvalue weighted by Gasteiger charge is -2.32. The number of likely N-dealkylation sites (tertiary alicyclic amines) is 1. The van der Waals surface area contributed by atoms with Crippen LogP contribution < -0.4 is 16.0 Å². The number of nitrogens with one attached hydrogen (secondary N) is 3. The van der Waals surface area contributed by atoms with Gasteiger partial charge in [-0.2, -0.15) is 0 Å². The van der Waals surface area contributed by atoms with Crippen LogP contribution in [-0.2, 0) is 11.2 Å². The van der Waals surface area contributed by atoms with Gasteiger partial charge in [0, 0.05) is 31.9 Å². The number of aryl methyl sites for hydroxylation is 1. The summed E-state index contributed by atoms with van der Waals surface area (Å²) in [7, 11) is 1.74. The lowest BCUT2D eigenvalue weighted by atomic mass is 10.1. The van der Waals surface area contributed by atoms with E-state index in [1.807, 2.05) is 18.2 Å². The van der Waals surface area contributed by atoms with Crippen LogP contribution >= 0.6 is 0 Å². The summed E-state index contributed by atoms with van der Waals surface area (Å²) in [6, 6.07) is 8.36. The fourth-order valence-corrected chi connectivity index (χ4v) is 3.24. The second-order valence-electron chi connectivity index (χ2n) is 6.79. The number of piperidine rings is 1. The molecule has 0 radical (unpaired) electrons. The first kappa shape index (κ1) is 20.2. The third kappa shape index (κ3) is 6.67. The van der Waals surface area contributed by atoms with E-state index < -0.39 is 0 Å². The molecule has 26 heavy (non-hydrogen) atoms. The third-order valence-corrected chi connectivity index (χ3v) is 4.73. The first-order chi connectivity index (χ1) is 12.6. The number of anilines is 1. The van der Waals surface area contributed by atoms with E-state index in [1.54, 1.807) is 7.05 Å². The standard InChI is InChI=1S/C20H33N5O/c1-4-11-25-12-9-17(10-13-25)24-20(21-3)22-15-19(26)23-18-8-6-7-16(5-2)14-18/h6-8,14,17H,4-5,9-13,15H2,1-3H3,(H,23,26)(H2,21,22,24). The highest BCUT2D eigenvalue weighted by Crippen LogP contribution is 2.11. The fourth-order valence-electron chi connectivity index (χ4n) is 3.24. The molecule has 0 aromatic heterocycles. The van der Waals surface area contributed by atoms with Crippen molar-refractivity contribution in [2.45, 2.75) is 45.6 Å². The number of amides is 1. The van der Waals surface area contributed by atoms with Gasteiger partial charge in [-0.05, 0) is 49.9 Å². The summed E-state index contributed by atoms with van der Waals surface area (Å²) >= 11 is 0. The molecule has 1 aromatic carbocycles. The molecule has 1 saturated heterocycles. The van der Waals surface area contributed by atoms with Gasteiger partial charge in [0.1, 0.15) is 0 Å². The van der Waals surface area contributed by atoms with Gasteiger partial charge in [0.15, 0.2) is 5.96 Å². The zero-order chi connectivity index (χ0) is 18.8. The second-order valence-corrected chi connectivity index (χ2v) is 6.79. The molecule has 0 unspecified atom stereocenters. The largest absolute Gasteiger partial charge is 0.354 e. The van der Waals surface area contributed by atoms with Crippen LogP contribution in [0, 0.1) is 0 Å². The summed E-state index contributed by atoms with van der Waals surface area (Å²) in [5, 5.41) is 9.48. The minimum Gasteiger partial charge on any atom is -0.354 e. The monoisotopic (exact) mass is 359 g/mol. The van der Waals surface area contributed by atoms with Crippen LogP contribution in [0.1, 0.15) is 38.7 Å². The summed E-state index contributed by atoms with van der Waals surface area (Å²) < 4.78 is 0. The summed E-state index contributed by atoms with van der Waals surface area (Å²) in [6.07, 6.45) is 4.38. The molecular formula is C20H33N5O. The maximum absolute atomic E-state index is 12.2. The van der Waals surface area contributed by atoms with E-state index >= 15 is 0 Å². The lowest BCUT2D eigenvalue weighted by molar-refractivity contribution is -0.115. The molecule has 1 aliphatic heterocycles. The number of rotatable bonds is 7. The fraction of sp³-hybridized carbons (Fsp3) is 0.600. The van der Waals surface area contributed by atoms with Crippen LogP contribution in [0.2, 0.25) is 0 Å². The Labute approximate surface area is 157 Å². The van der Waals surface area contributed by atoms with Crippen molar-refractivity contribution in [3.8, 4) is 0 Å². The van der Waals surface area contributed by atoms with Crippen LogP contribution in [0.4, 0.5) is 5.69 Å². The van der Waals surface area contributed by atoms with E-state index in [9.17, 15) is 4.79 Å². The van der Waals surface area contributed by atoms with E-state index in [1.165, 1.54) is 18.5 Å². The Hall–Kier alpha value is -2.08. The third-order valence-electron chi connectivity index (χ3n) is 4.73. The quantitative estimate of drug-likeness (QED) is 0.516. The molecule has 1 amide bonds. The highest BCUT2D eigenvalue weighted by atomic mass is 16.1. The molecule has 3 N–H and O–H groups in total. The SMILES string of the molecule is CCCN1CCC(NC(=NC)NCC(=O)Nc2cccc(CC)c2)CC1. The van der Waals surface area contributed by atoms with Gasteiger partial charge >= 0.3 is 0 Å². The Kier molecular flexibility index (Phi) is 8.41. The average molecular weight is 360 g/mol. The molecule has 0 atom stereocenters. The highest BCUT2D eigenvalue weighted by molar-refractivity contribution is 5.95. The van der Waals surface area contributed by atoms with Crippen molar-refractivity contribution >= 4 is 17.6 Å². The summed E-state index contributed by atoms with van der Waals surface area (Å²) in [6.45, 7) is 7.95. The number of guanidine groups is 1. The Morgan fingerprint density at radius 3 is 2.69 bits per heavy atom. The second kappa shape index (κ2) is 10.8. The number of benzene rings is 1. The van der Waals surface area contributed by atoms with Gasteiger partial charge in [0.05, 0.1) is 6.54 Å². The van der Waals surface area contributed by atoms with E-state index in [2.05, 4.69) is 45.8 Å². The lowest BCUT2D eigenvalue weighted by Crippen LogP contribution is -2.49. The van der Waals surface area contributed by atoms with Gasteiger partial charge in [0.2, 0.25) is 5.91 Å². The average Bonchev–Trinajstić information content (AvgIpc) is 2.66. The van der Waals surface area contributed by atoms with Crippen molar-refractivity contribution in [2.24, 2.45) is 4.99 Å². The van der Waals surface area contributed by atoms with Gasteiger partial charge in [-0.25, -0.2) is 0 Å². The molecule has 0 spiro atoms. The van der Waals surface area contributed by atoms with Gasteiger partial charge in [-0.15, -0.1) is 0 Å². The van der Waals surface area contributed by atoms with E-state index in [-0.39, 0.29) is 12.5 Å². The van der Waals surface area contributed by atoms with Crippen LogP contribution in [0.5, 0.6) is 0 Å². The molecule has 1 aromatic rings. The van der Waals surface area contributed by atoms with Gasteiger partial charge in [0.25, 0.3) is 0 Å². The number of aliphatic imine (C=N–C) groups is 1. The maximum Gasteiger partial charge on any atom is 0.243 e. The Bertz CT molecular complexity index is 594. The summed E-state index contributed by atoms with van der Waals surface area (Å²) in [4.78, 5) is 18.9. The van der Waals surface area contributed by atoms with E-state index in [0.29, 0.717) is 12.0 Å².